The normalized spacial score (nSPS) is 12.3. The molecule has 0 saturated carbocycles. The molecule has 0 unspecified atom stereocenters. The first-order chi connectivity index (χ1) is 11.3. The van der Waals surface area contributed by atoms with Crippen LogP contribution in [-0.2, 0) is 6.18 Å². The van der Waals surface area contributed by atoms with E-state index in [1.807, 2.05) is 37.3 Å². The number of amides is 1. The quantitative estimate of drug-likeness (QED) is 0.818. The van der Waals surface area contributed by atoms with Crippen LogP contribution in [0, 0.1) is 0 Å². The van der Waals surface area contributed by atoms with E-state index in [1.165, 1.54) is 12.1 Å². The highest BCUT2D eigenvalue weighted by Crippen LogP contribution is 2.29. The minimum Gasteiger partial charge on any atom is -0.356 e. The number of hydrogen-bond donors (Lipinski definition) is 2. The molecule has 7 heteroatoms. The standard InChI is InChI=1S/C17H15F3N2OS/c1-11(12-6-3-2-4-7-12)21-16(24)22-15(23)13-8-5-9-14(10-13)17(18,19)20/h2-11H,1H3,(H2,21,22,23,24)/t11-/m0/s1. The van der Waals surface area contributed by atoms with Crippen molar-refractivity contribution in [3.8, 4) is 0 Å². The fraction of sp³-hybridized carbons (Fsp3) is 0.176. The van der Waals surface area contributed by atoms with E-state index < -0.39 is 17.6 Å². The van der Waals surface area contributed by atoms with E-state index in [0.717, 1.165) is 17.7 Å². The Morgan fingerprint density at radius 3 is 2.38 bits per heavy atom. The molecular formula is C17H15F3N2OS. The van der Waals surface area contributed by atoms with E-state index in [0.29, 0.717) is 0 Å². The number of nitrogens with one attached hydrogen (secondary N) is 2. The predicted molar refractivity (Wildman–Crippen MR) is 89.5 cm³/mol. The topological polar surface area (TPSA) is 41.1 Å². The van der Waals surface area contributed by atoms with Crippen LogP contribution < -0.4 is 10.6 Å². The van der Waals surface area contributed by atoms with Crippen molar-refractivity contribution in [1.82, 2.24) is 10.6 Å². The Morgan fingerprint density at radius 1 is 1.08 bits per heavy atom. The Balaban J connectivity index is 2.00. The van der Waals surface area contributed by atoms with Gasteiger partial charge in [-0.25, -0.2) is 0 Å². The maximum atomic E-state index is 12.7. The Kier molecular flexibility index (Phi) is 5.56. The fourth-order valence-electron chi connectivity index (χ4n) is 2.07. The highest BCUT2D eigenvalue weighted by molar-refractivity contribution is 7.80. The summed E-state index contributed by atoms with van der Waals surface area (Å²) in [4.78, 5) is 12.0. The summed E-state index contributed by atoms with van der Waals surface area (Å²) in [6.45, 7) is 1.86. The highest BCUT2D eigenvalue weighted by atomic mass is 32.1. The summed E-state index contributed by atoms with van der Waals surface area (Å²) >= 11 is 5.05. The third-order valence-corrected chi connectivity index (χ3v) is 3.55. The fourth-order valence-corrected chi connectivity index (χ4v) is 2.34. The Hall–Kier alpha value is -2.41. The van der Waals surface area contributed by atoms with Crippen LogP contribution in [0.15, 0.2) is 54.6 Å². The highest BCUT2D eigenvalue weighted by Gasteiger charge is 2.30. The Labute approximate surface area is 142 Å². The van der Waals surface area contributed by atoms with Crippen molar-refractivity contribution in [3.63, 3.8) is 0 Å². The number of halogens is 3. The van der Waals surface area contributed by atoms with Crippen LogP contribution in [0.1, 0.15) is 34.5 Å². The molecule has 0 aliphatic carbocycles. The van der Waals surface area contributed by atoms with Crippen molar-refractivity contribution in [2.24, 2.45) is 0 Å². The second-order valence-corrected chi connectivity index (χ2v) is 5.55. The summed E-state index contributed by atoms with van der Waals surface area (Å²) in [5, 5.41) is 5.36. The summed E-state index contributed by atoms with van der Waals surface area (Å²) in [5.74, 6) is -0.695. The Bertz CT molecular complexity index is 732. The van der Waals surface area contributed by atoms with Crippen LogP contribution in [0.25, 0.3) is 0 Å². The van der Waals surface area contributed by atoms with Crippen LogP contribution in [0.5, 0.6) is 0 Å². The molecule has 0 bridgehead atoms. The van der Waals surface area contributed by atoms with Crippen molar-refractivity contribution in [1.29, 1.82) is 0 Å². The van der Waals surface area contributed by atoms with Crippen LogP contribution in [-0.4, -0.2) is 11.0 Å². The maximum absolute atomic E-state index is 12.7. The maximum Gasteiger partial charge on any atom is 0.416 e. The third kappa shape index (κ3) is 4.79. The van der Waals surface area contributed by atoms with Crippen LogP contribution in [0.2, 0.25) is 0 Å². The molecule has 2 rings (SSSR count). The summed E-state index contributed by atoms with van der Waals surface area (Å²) in [5.41, 5.74) is -0.0267. The minimum absolute atomic E-state index is 0.0498. The summed E-state index contributed by atoms with van der Waals surface area (Å²) in [6, 6.07) is 13.4. The SMILES string of the molecule is C[C@H](NC(=S)NC(=O)c1cccc(C(F)(F)F)c1)c1ccccc1. The molecule has 2 N–H and O–H groups in total. The van der Waals surface area contributed by atoms with Gasteiger partial charge in [0.25, 0.3) is 5.91 Å². The van der Waals surface area contributed by atoms with Gasteiger partial charge in [0.05, 0.1) is 11.6 Å². The molecule has 0 saturated heterocycles. The van der Waals surface area contributed by atoms with Gasteiger partial charge < -0.3 is 5.32 Å². The number of carbonyl (C=O) groups is 1. The summed E-state index contributed by atoms with van der Waals surface area (Å²) < 4.78 is 38.1. The van der Waals surface area contributed by atoms with Crippen molar-refractivity contribution in [3.05, 3.63) is 71.3 Å². The van der Waals surface area contributed by atoms with Gasteiger partial charge in [0.15, 0.2) is 5.11 Å². The van der Waals surface area contributed by atoms with E-state index in [2.05, 4.69) is 10.6 Å². The molecule has 2 aromatic rings. The molecule has 3 nitrogen and oxygen atoms in total. The average Bonchev–Trinajstić information content (AvgIpc) is 2.54. The second-order valence-electron chi connectivity index (χ2n) is 5.14. The molecule has 0 fully saturated rings. The monoisotopic (exact) mass is 352 g/mol. The molecular weight excluding hydrogens is 337 g/mol. The predicted octanol–water partition coefficient (Wildman–Crippen LogP) is 4.07. The van der Waals surface area contributed by atoms with E-state index >= 15 is 0 Å². The van der Waals surface area contributed by atoms with Crippen molar-refractivity contribution in [2.75, 3.05) is 0 Å². The number of hydrogen-bond acceptors (Lipinski definition) is 2. The van der Waals surface area contributed by atoms with E-state index in [1.54, 1.807) is 0 Å². The molecule has 0 heterocycles. The zero-order chi connectivity index (χ0) is 17.7. The minimum atomic E-state index is -4.50. The van der Waals surface area contributed by atoms with E-state index in [9.17, 15) is 18.0 Å². The van der Waals surface area contributed by atoms with Crippen LogP contribution in [0.3, 0.4) is 0 Å². The smallest absolute Gasteiger partial charge is 0.356 e. The van der Waals surface area contributed by atoms with Gasteiger partial charge in [-0.15, -0.1) is 0 Å². The van der Waals surface area contributed by atoms with Gasteiger partial charge in [0.2, 0.25) is 0 Å². The summed E-state index contributed by atoms with van der Waals surface area (Å²) in [7, 11) is 0. The van der Waals surface area contributed by atoms with E-state index in [4.69, 9.17) is 12.2 Å². The molecule has 0 spiro atoms. The number of benzene rings is 2. The number of alkyl halides is 3. The summed E-state index contributed by atoms with van der Waals surface area (Å²) in [6.07, 6.45) is -4.50. The molecule has 1 atom stereocenters. The zero-order valence-corrected chi connectivity index (χ0v) is 13.5. The molecule has 0 radical (unpaired) electrons. The zero-order valence-electron chi connectivity index (χ0n) is 12.7. The van der Waals surface area contributed by atoms with Crippen LogP contribution in [0.4, 0.5) is 13.2 Å². The molecule has 0 aliphatic heterocycles. The van der Waals surface area contributed by atoms with Crippen molar-refractivity contribution in [2.45, 2.75) is 19.1 Å². The number of carbonyl (C=O) groups excluding carboxylic acids is 1. The number of rotatable bonds is 3. The molecule has 2 aromatic carbocycles. The third-order valence-electron chi connectivity index (χ3n) is 3.33. The van der Waals surface area contributed by atoms with Gasteiger partial charge in [-0.1, -0.05) is 36.4 Å². The number of thiocarbonyl (C=S) groups is 1. The average molecular weight is 352 g/mol. The van der Waals surface area contributed by atoms with Gasteiger partial charge in [-0.3, -0.25) is 10.1 Å². The van der Waals surface area contributed by atoms with Gasteiger partial charge in [-0.05, 0) is 42.9 Å². The first-order valence-corrected chi connectivity index (χ1v) is 7.52. The first kappa shape index (κ1) is 17.9. The van der Waals surface area contributed by atoms with Gasteiger partial charge >= 0.3 is 6.18 Å². The molecule has 1 amide bonds. The van der Waals surface area contributed by atoms with Crippen LogP contribution >= 0.6 is 12.2 Å². The van der Waals surface area contributed by atoms with Crippen molar-refractivity contribution < 1.29 is 18.0 Å². The van der Waals surface area contributed by atoms with Gasteiger partial charge in [0.1, 0.15) is 0 Å². The molecule has 24 heavy (non-hydrogen) atoms. The Morgan fingerprint density at radius 2 is 1.75 bits per heavy atom. The molecule has 0 aliphatic rings. The lowest BCUT2D eigenvalue weighted by atomic mass is 10.1. The lowest BCUT2D eigenvalue weighted by molar-refractivity contribution is -0.137. The lowest BCUT2D eigenvalue weighted by Crippen LogP contribution is -2.40. The molecule has 126 valence electrons. The molecule has 0 aromatic heterocycles. The van der Waals surface area contributed by atoms with Gasteiger partial charge in [0, 0.05) is 5.56 Å². The van der Waals surface area contributed by atoms with E-state index in [-0.39, 0.29) is 16.7 Å². The lowest BCUT2D eigenvalue weighted by Gasteiger charge is -2.17. The second kappa shape index (κ2) is 7.44. The largest absolute Gasteiger partial charge is 0.416 e. The van der Waals surface area contributed by atoms with Gasteiger partial charge in [-0.2, -0.15) is 13.2 Å². The first-order valence-electron chi connectivity index (χ1n) is 7.11. The van der Waals surface area contributed by atoms with Crippen molar-refractivity contribution >= 4 is 23.2 Å².